The van der Waals surface area contributed by atoms with E-state index in [1.54, 1.807) is 6.92 Å². The number of rotatable bonds is 5. The first kappa shape index (κ1) is 15.8. The van der Waals surface area contributed by atoms with E-state index in [0.29, 0.717) is 17.8 Å². The number of halogens is 1. The Kier molecular flexibility index (Phi) is 4.32. The second-order valence-corrected chi connectivity index (χ2v) is 5.29. The summed E-state index contributed by atoms with van der Waals surface area (Å²) < 4.78 is 1.37. The third-order valence-corrected chi connectivity index (χ3v) is 3.31. The minimum Gasteiger partial charge on any atom is -0.477 e. The van der Waals surface area contributed by atoms with Gasteiger partial charge in [-0.05, 0) is 25.1 Å². The largest absolute Gasteiger partial charge is 0.477 e. The number of aromatic carboxylic acids is 1. The molecule has 0 fully saturated rings. The normalized spacial score (nSPS) is 10.5. The van der Waals surface area contributed by atoms with E-state index >= 15 is 0 Å². The summed E-state index contributed by atoms with van der Waals surface area (Å²) in [6, 6.07) is 4.40. The molecule has 22 heavy (non-hydrogen) atoms. The zero-order valence-electron chi connectivity index (χ0n) is 11.8. The Bertz CT molecular complexity index is 780. The molecule has 1 heterocycles. The molecule has 0 spiro atoms. The van der Waals surface area contributed by atoms with Crippen LogP contribution in [0.1, 0.15) is 33.5 Å². The molecule has 2 aromatic rings. The van der Waals surface area contributed by atoms with Crippen LogP contribution in [0.25, 0.3) is 5.69 Å². The summed E-state index contributed by atoms with van der Waals surface area (Å²) in [5.74, 6) is -1.73. The highest BCUT2D eigenvalue weighted by Crippen LogP contribution is 2.25. The van der Waals surface area contributed by atoms with Crippen LogP contribution >= 0.6 is 11.6 Å². The van der Waals surface area contributed by atoms with E-state index in [-0.39, 0.29) is 16.3 Å². The highest BCUT2D eigenvalue weighted by atomic mass is 35.5. The van der Waals surface area contributed by atoms with Crippen molar-refractivity contribution < 1.29 is 14.7 Å². The molecule has 1 aromatic heterocycles. The first-order chi connectivity index (χ1) is 10.3. The Morgan fingerprint density at radius 2 is 2.14 bits per heavy atom. The average molecular weight is 320 g/mol. The predicted molar refractivity (Wildman–Crippen MR) is 82.6 cm³/mol. The van der Waals surface area contributed by atoms with Crippen molar-refractivity contribution in [1.29, 1.82) is 0 Å². The van der Waals surface area contributed by atoms with Crippen LogP contribution < -0.4 is 5.73 Å². The van der Waals surface area contributed by atoms with Crippen LogP contribution in [0.2, 0.25) is 5.02 Å². The van der Waals surface area contributed by atoms with Gasteiger partial charge in [0.2, 0.25) is 5.91 Å². The number of imidazole rings is 1. The summed E-state index contributed by atoms with van der Waals surface area (Å²) in [5.41, 5.74) is 7.04. The standard InChI is InChI=1S/C15H14ClN3O3/c1-8(2)5-11-13(15(21)22)19(7-18-11)12-4-3-9(14(17)20)6-10(12)16/h3-4,6-7H,1,5H2,2H3,(H2,17,20)(H,21,22). The predicted octanol–water partition coefficient (Wildman–Crippen LogP) is 2.44. The fourth-order valence-electron chi connectivity index (χ4n) is 2.07. The van der Waals surface area contributed by atoms with Crippen LogP contribution in [0.4, 0.5) is 0 Å². The number of benzene rings is 1. The lowest BCUT2D eigenvalue weighted by Crippen LogP contribution is -2.12. The van der Waals surface area contributed by atoms with Crippen molar-refractivity contribution in [2.75, 3.05) is 0 Å². The third-order valence-electron chi connectivity index (χ3n) is 3.01. The van der Waals surface area contributed by atoms with Gasteiger partial charge < -0.3 is 10.8 Å². The van der Waals surface area contributed by atoms with Crippen LogP contribution in [0.3, 0.4) is 0 Å². The lowest BCUT2D eigenvalue weighted by Gasteiger charge is -2.09. The summed E-state index contributed by atoms with van der Waals surface area (Å²) >= 11 is 6.13. The van der Waals surface area contributed by atoms with Crippen LogP contribution in [-0.2, 0) is 6.42 Å². The number of carboxylic acids is 1. The molecule has 0 bridgehead atoms. The molecule has 0 saturated heterocycles. The fourth-order valence-corrected chi connectivity index (χ4v) is 2.34. The summed E-state index contributed by atoms with van der Waals surface area (Å²) in [6.07, 6.45) is 1.73. The maximum atomic E-state index is 11.5. The second-order valence-electron chi connectivity index (χ2n) is 4.88. The highest BCUT2D eigenvalue weighted by Gasteiger charge is 2.20. The van der Waals surface area contributed by atoms with Gasteiger partial charge in [-0.3, -0.25) is 9.36 Å². The maximum Gasteiger partial charge on any atom is 0.354 e. The van der Waals surface area contributed by atoms with Crippen molar-refractivity contribution in [1.82, 2.24) is 9.55 Å². The van der Waals surface area contributed by atoms with Gasteiger partial charge in [-0.15, -0.1) is 0 Å². The molecule has 2 rings (SSSR count). The van der Waals surface area contributed by atoms with Crippen molar-refractivity contribution in [3.63, 3.8) is 0 Å². The Hall–Kier alpha value is -2.60. The maximum absolute atomic E-state index is 11.5. The number of hydrogen-bond donors (Lipinski definition) is 2. The zero-order valence-corrected chi connectivity index (χ0v) is 12.6. The monoisotopic (exact) mass is 319 g/mol. The molecule has 6 nitrogen and oxygen atoms in total. The summed E-state index contributed by atoms with van der Waals surface area (Å²) in [7, 11) is 0. The number of aromatic nitrogens is 2. The van der Waals surface area contributed by atoms with Crippen molar-refractivity contribution in [2.24, 2.45) is 5.73 Å². The first-order valence-electron chi connectivity index (χ1n) is 6.35. The number of nitrogens with two attached hydrogens (primary N) is 1. The lowest BCUT2D eigenvalue weighted by atomic mass is 10.1. The quantitative estimate of drug-likeness (QED) is 0.827. The van der Waals surface area contributed by atoms with E-state index in [0.717, 1.165) is 5.57 Å². The summed E-state index contributed by atoms with van der Waals surface area (Å²) in [6.45, 7) is 5.55. The fraction of sp³-hybridized carbons (Fsp3) is 0.133. The number of nitrogens with zero attached hydrogens (tertiary/aromatic N) is 2. The first-order valence-corrected chi connectivity index (χ1v) is 6.72. The van der Waals surface area contributed by atoms with E-state index in [9.17, 15) is 14.7 Å². The van der Waals surface area contributed by atoms with Crippen LogP contribution in [0, 0.1) is 0 Å². The smallest absolute Gasteiger partial charge is 0.354 e. The Labute approximate surface area is 131 Å². The number of carboxylic acid groups (broad SMARTS) is 1. The molecule has 0 aliphatic carbocycles. The molecule has 0 radical (unpaired) electrons. The average Bonchev–Trinajstić information content (AvgIpc) is 2.81. The zero-order chi connectivity index (χ0) is 16.4. The minimum atomic E-state index is -1.12. The van der Waals surface area contributed by atoms with Gasteiger partial charge in [-0.25, -0.2) is 9.78 Å². The van der Waals surface area contributed by atoms with Gasteiger partial charge in [0.15, 0.2) is 5.69 Å². The van der Waals surface area contributed by atoms with Crippen LogP contribution in [-0.4, -0.2) is 26.5 Å². The van der Waals surface area contributed by atoms with E-state index in [4.69, 9.17) is 17.3 Å². The highest BCUT2D eigenvalue weighted by molar-refractivity contribution is 6.32. The molecule has 0 aliphatic rings. The topological polar surface area (TPSA) is 98.2 Å². The number of allylic oxidation sites excluding steroid dienone is 1. The van der Waals surface area contributed by atoms with Crippen LogP contribution in [0.15, 0.2) is 36.7 Å². The number of amides is 1. The van der Waals surface area contributed by atoms with Gasteiger partial charge in [0.05, 0.1) is 16.4 Å². The lowest BCUT2D eigenvalue weighted by molar-refractivity contribution is 0.0686. The molecule has 0 saturated carbocycles. The Morgan fingerprint density at radius 3 is 2.64 bits per heavy atom. The molecule has 0 aliphatic heterocycles. The van der Waals surface area contributed by atoms with Gasteiger partial charge in [0, 0.05) is 12.0 Å². The molecule has 1 aromatic carbocycles. The van der Waals surface area contributed by atoms with E-state index < -0.39 is 11.9 Å². The van der Waals surface area contributed by atoms with Gasteiger partial charge in [0.1, 0.15) is 6.33 Å². The SMILES string of the molecule is C=C(C)Cc1ncn(-c2ccc(C(N)=O)cc2Cl)c1C(=O)O. The molecular formula is C15H14ClN3O3. The van der Waals surface area contributed by atoms with Crippen molar-refractivity contribution in [3.05, 3.63) is 58.7 Å². The van der Waals surface area contributed by atoms with Gasteiger partial charge in [-0.2, -0.15) is 0 Å². The van der Waals surface area contributed by atoms with Crippen molar-refractivity contribution in [2.45, 2.75) is 13.3 Å². The van der Waals surface area contributed by atoms with Crippen LogP contribution in [0.5, 0.6) is 0 Å². The second kappa shape index (κ2) is 6.03. The minimum absolute atomic E-state index is 0.0109. The summed E-state index contributed by atoms with van der Waals surface area (Å²) in [4.78, 5) is 26.8. The molecule has 1 amide bonds. The molecule has 7 heteroatoms. The number of carbonyl (C=O) groups excluding carboxylic acids is 1. The van der Waals surface area contributed by atoms with E-state index in [1.807, 2.05) is 0 Å². The molecule has 0 unspecified atom stereocenters. The summed E-state index contributed by atoms with van der Waals surface area (Å²) in [5, 5.41) is 9.64. The molecule has 114 valence electrons. The number of primary amides is 1. The van der Waals surface area contributed by atoms with Crippen molar-refractivity contribution >= 4 is 23.5 Å². The van der Waals surface area contributed by atoms with E-state index in [2.05, 4.69) is 11.6 Å². The van der Waals surface area contributed by atoms with Gasteiger partial charge in [0.25, 0.3) is 0 Å². The number of hydrogen-bond acceptors (Lipinski definition) is 3. The number of carbonyl (C=O) groups is 2. The molecular weight excluding hydrogens is 306 g/mol. The van der Waals surface area contributed by atoms with Crippen molar-refractivity contribution in [3.8, 4) is 5.69 Å². The van der Waals surface area contributed by atoms with Gasteiger partial charge >= 0.3 is 5.97 Å². The third kappa shape index (κ3) is 3.01. The van der Waals surface area contributed by atoms with E-state index in [1.165, 1.54) is 29.1 Å². The Balaban J connectivity index is 2.58. The van der Waals surface area contributed by atoms with Gasteiger partial charge in [-0.1, -0.05) is 23.8 Å². The molecule has 0 atom stereocenters. The molecule has 3 N–H and O–H groups in total. The Morgan fingerprint density at radius 1 is 1.45 bits per heavy atom.